The van der Waals surface area contributed by atoms with Crippen LogP contribution in [0.2, 0.25) is 0 Å². The van der Waals surface area contributed by atoms with Crippen LogP contribution in [-0.4, -0.2) is 39.4 Å². The van der Waals surface area contributed by atoms with Crippen molar-refractivity contribution in [2.24, 2.45) is 0 Å². The summed E-state index contributed by atoms with van der Waals surface area (Å²) in [5.74, 6) is 1.09. The quantitative estimate of drug-likeness (QED) is 0.765. The van der Waals surface area contributed by atoms with Crippen LogP contribution in [0.1, 0.15) is 16.8 Å². The van der Waals surface area contributed by atoms with Crippen LogP contribution in [0, 0.1) is 0 Å². The molecule has 1 aromatic carbocycles. The average Bonchev–Trinajstić information content (AvgIpc) is 2.69. The average molecular weight is 270 g/mol. The number of ether oxygens (including phenoxy) is 2. The first-order valence-corrected chi connectivity index (χ1v) is 7.36. The number of aldehydes is 1. The van der Waals surface area contributed by atoms with Crippen molar-refractivity contribution in [3.63, 3.8) is 0 Å². The summed E-state index contributed by atoms with van der Waals surface area (Å²) in [4.78, 5) is 10.6. The molecule has 1 fully saturated rings. The number of carbonyl (C=O) groups excluding carboxylic acids is 1. The lowest BCUT2D eigenvalue weighted by atomic mass is 10.2. The van der Waals surface area contributed by atoms with Gasteiger partial charge in [-0.25, -0.2) is 8.42 Å². The van der Waals surface area contributed by atoms with Crippen LogP contribution >= 0.6 is 0 Å². The molecule has 0 bridgehead atoms. The van der Waals surface area contributed by atoms with Gasteiger partial charge in [-0.2, -0.15) is 0 Å². The van der Waals surface area contributed by atoms with Crippen molar-refractivity contribution >= 4 is 16.1 Å². The summed E-state index contributed by atoms with van der Waals surface area (Å²) in [5, 5.41) is 0. The van der Waals surface area contributed by atoms with E-state index in [1.807, 2.05) is 0 Å². The molecule has 18 heavy (non-hydrogen) atoms. The van der Waals surface area contributed by atoms with Gasteiger partial charge in [0.25, 0.3) is 0 Å². The Bertz CT molecular complexity index is 550. The number of hydrogen-bond donors (Lipinski definition) is 0. The molecule has 0 N–H and O–H groups in total. The Balaban J connectivity index is 2.17. The van der Waals surface area contributed by atoms with Crippen LogP contribution in [0.25, 0.3) is 0 Å². The highest BCUT2D eigenvalue weighted by Crippen LogP contribution is 2.30. The SMILES string of the molecule is COc1cc(C=O)ccc1OC1CCS(=O)(=O)C1. The summed E-state index contributed by atoms with van der Waals surface area (Å²) in [5.41, 5.74) is 0.484. The molecule has 0 aliphatic carbocycles. The first-order valence-electron chi connectivity index (χ1n) is 5.54. The molecular weight excluding hydrogens is 256 g/mol. The van der Waals surface area contributed by atoms with Crippen molar-refractivity contribution in [3.8, 4) is 11.5 Å². The number of methoxy groups -OCH3 is 1. The van der Waals surface area contributed by atoms with E-state index in [4.69, 9.17) is 9.47 Å². The molecule has 0 spiro atoms. The Morgan fingerprint density at radius 2 is 2.11 bits per heavy atom. The zero-order valence-electron chi connectivity index (χ0n) is 9.96. The van der Waals surface area contributed by atoms with E-state index >= 15 is 0 Å². The zero-order valence-corrected chi connectivity index (χ0v) is 10.8. The first-order chi connectivity index (χ1) is 8.54. The maximum absolute atomic E-state index is 11.3. The van der Waals surface area contributed by atoms with Crippen molar-refractivity contribution in [2.45, 2.75) is 12.5 Å². The number of sulfone groups is 1. The fraction of sp³-hybridized carbons (Fsp3) is 0.417. The third-order valence-electron chi connectivity index (χ3n) is 2.81. The zero-order chi connectivity index (χ0) is 13.2. The molecule has 1 saturated heterocycles. The lowest BCUT2D eigenvalue weighted by Crippen LogP contribution is -2.18. The van der Waals surface area contributed by atoms with E-state index in [2.05, 4.69) is 0 Å². The van der Waals surface area contributed by atoms with Gasteiger partial charge >= 0.3 is 0 Å². The van der Waals surface area contributed by atoms with E-state index in [-0.39, 0.29) is 17.6 Å². The summed E-state index contributed by atoms with van der Waals surface area (Å²) >= 11 is 0. The second-order valence-corrected chi connectivity index (χ2v) is 6.40. The molecule has 0 amide bonds. The molecule has 0 radical (unpaired) electrons. The summed E-state index contributed by atoms with van der Waals surface area (Å²) in [6.07, 6.45) is 0.860. The van der Waals surface area contributed by atoms with Crippen molar-refractivity contribution in [1.29, 1.82) is 0 Å². The van der Waals surface area contributed by atoms with Gasteiger partial charge in [0, 0.05) is 5.56 Å². The molecule has 1 aliphatic rings. The molecule has 6 heteroatoms. The topological polar surface area (TPSA) is 69.7 Å². The fourth-order valence-corrected chi connectivity index (χ4v) is 3.48. The lowest BCUT2D eigenvalue weighted by Gasteiger charge is -2.15. The molecule has 98 valence electrons. The van der Waals surface area contributed by atoms with E-state index < -0.39 is 9.84 Å². The van der Waals surface area contributed by atoms with Gasteiger partial charge in [-0.15, -0.1) is 0 Å². The Hall–Kier alpha value is -1.56. The fourth-order valence-electron chi connectivity index (χ4n) is 1.89. The number of rotatable bonds is 4. The highest BCUT2D eigenvalue weighted by atomic mass is 32.2. The minimum atomic E-state index is -2.97. The molecule has 5 nitrogen and oxygen atoms in total. The highest BCUT2D eigenvalue weighted by molar-refractivity contribution is 7.91. The highest BCUT2D eigenvalue weighted by Gasteiger charge is 2.30. The largest absolute Gasteiger partial charge is 0.493 e. The maximum Gasteiger partial charge on any atom is 0.161 e. The van der Waals surface area contributed by atoms with E-state index in [1.54, 1.807) is 18.2 Å². The maximum atomic E-state index is 11.3. The summed E-state index contributed by atoms with van der Waals surface area (Å²) in [6.45, 7) is 0. The summed E-state index contributed by atoms with van der Waals surface area (Å²) < 4.78 is 33.4. The first kappa shape index (κ1) is 12.9. The van der Waals surface area contributed by atoms with Gasteiger partial charge in [0.05, 0.1) is 18.6 Å². The van der Waals surface area contributed by atoms with Gasteiger partial charge in [-0.1, -0.05) is 0 Å². The predicted molar refractivity (Wildman–Crippen MR) is 66.1 cm³/mol. The van der Waals surface area contributed by atoms with Gasteiger partial charge < -0.3 is 9.47 Å². The third-order valence-corrected chi connectivity index (χ3v) is 4.55. The minimum Gasteiger partial charge on any atom is -0.493 e. The summed E-state index contributed by atoms with van der Waals surface area (Å²) in [6, 6.07) is 4.79. The molecular formula is C12H14O5S. The number of benzene rings is 1. The van der Waals surface area contributed by atoms with Crippen LogP contribution in [0.4, 0.5) is 0 Å². The van der Waals surface area contributed by atoms with Gasteiger partial charge in [0.15, 0.2) is 21.3 Å². The molecule has 0 saturated carbocycles. The normalized spacial score (nSPS) is 21.5. The Kier molecular flexibility index (Phi) is 3.56. The van der Waals surface area contributed by atoms with Gasteiger partial charge in [0.1, 0.15) is 12.4 Å². The number of carbonyl (C=O) groups is 1. The van der Waals surface area contributed by atoms with E-state index in [0.29, 0.717) is 29.8 Å². The second kappa shape index (κ2) is 4.97. The Labute approximate surface area is 106 Å². The molecule has 1 aromatic rings. The van der Waals surface area contributed by atoms with E-state index in [1.165, 1.54) is 7.11 Å². The molecule has 2 rings (SSSR count). The molecule has 0 aromatic heterocycles. The smallest absolute Gasteiger partial charge is 0.161 e. The van der Waals surface area contributed by atoms with Crippen LogP contribution in [-0.2, 0) is 9.84 Å². The Morgan fingerprint density at radius 1 is 1.33 bits per heavy atom. The van der Waals surface area contributed by atoms with Crippen molar-refractivity contribution < 1.29 is 22.7 Å². The molecule has 1 atom stereocenters. The van der Waals surface area contributed by atoms with Crippen molar-refractivity contribution in [2.75, 3.05) is 18.6 Å². The van der Waals surface area contributed by atoms with Crippen molar-refractivity contribution in [3.05, 3.63) is 23.8 Å². The van der Waals surface area contributed by atoms with Gasteiger partial charge in [0.2, 0.25) is 0 Å². The van der Waals surface area contributed by atoms with E-state index in [9.17, 15) is 13.2 Å². The van der Waals surface area contributed by atoms with Crippen LogP contribution in [0.3, 0.4) is 0 Å². The standard InChI is InChI=1S/C12H14O5S/c1-16-12-6-9(7-13)2-3-11(12)17-10-4-5-18(14,15)8-10/h2-3,6-7,10H,4-5,8H2,1H3. The minimum absolute atomic E-state index is 0.0333. The van der Waals surface area contributed by atoms with Crippen molar-refractivity contribution in [1.82, 2.24) is 0 Å². The number of hydrogen-bond acceptors (Lipinski definition) is 5. The molecule has 1 heterocycles. The predicted octanol–water partition coefficient (Wildman–Crippen LogP) is 1.07. The lowest BCUT2D eigenvalue weighted by molar-refractivity contribution is 0.112. The van der Waals surface area contributed by atoms with Crippen LogP contribution in [0.15, 0.2) is 18.2 Å². The summed E-state index contributed by atoms with van der Waals surface area (Å²) in [7, 11) is -1.50. The van der Waals surface area contributed by atoms with Gasteiger partial charge in [-0.3, -0.25) is 4.79 Å². The van der Waals surface area contributed by atoms with E-state index in [0.717, 1.165) is 0 Å². The molecule has 1 unspecified atom stereocenters. The van der Waals surface area contributed by atoms with Crippen LogP contribution < -0.4 is 9.47 Å². The third kappa shape index (κ3) is 2.81. The van der Waals surface area contributed by atoms with Crippen LogP contribution in [0.5, 0.6) is 11.5 Å². The molecule has 1 aliphatic heterocycles. The monoisotopic (exact) mass is 270 g/mol. The second-order valence-electron chi connectivity index (χ2n) is 4.17. The Morgan fingerprint density at radius 3 is 2.67 bits per heavy atom. The van der Waals surface area contributed by atoms with Gasteiger partial charge in [-0.05, 0) is 24.6 Å².